The summed E-state index contributed by atoms with van der Waals surface area (Å²) in [5.74, 6) is -0.806. The first-order chi connectivity index (χ1) is 19.9. The summed E-state index contributed by atoms with van der Waals surface area (Å²) in [6.45, 7) is 3.72. The Hall–Kier alpha value is -4.63. The molecule has 0 bridgehead atoms. The molecule has 2 amide bonds. The van der Waals surface area contributed by atoms with Crippen LogP contribution in [0.2, 0.25) is 5.02 Å². The Morgan fingerprint density at radius 3 is 2.44 bits per heavy atom. The molecule has 9 nitrogen and oxygen atoms in total. The molecule has 1 heterocycles. The van der Waals surface area contributed by atoms with E-state index >= 15 is 0 Å². The summed E-state index contributed by atoms with van der Waals surface area (Å²) in [5, 5.41) is 8.38. The molecule has 1 aromatic heterocycles. The van der Waals surface area contributed by atoms with E-state index in [0.717, 1.165) is 27.7 Å². The number of carbonyl (C=O) groups excluding carboxylic acids is 3. The lowest BCUT2D eigenvalue weighted by molar-refractivity contribution is -0.143. The maximum atomic E-state index is 13.2. The van der Waals surface area contributed by atoms with E-state index in [1.807, 2.05) is 66.1 Å². The molecule has 0 saturated heterocycles. The van der Waals surface area contributed by atoms with Gasteiger partial charge in [0.15, 0.2) is 6.61 Å². The number of aromatic nitrogens is 1. The molecule has 0 saturated carbocycles. The minimum atomic E-state index is -0.901. The number of amides is 2. The number of hydrogen-bond acceptors (Lipinski definition) is 6. The highest BCUT2D eigenvalue weighted by molar-refractivity contribution is 6.30. The van der Waals surface area contributed by atoms with Gasteiger partial charge in [0, 0.05) is 33.6 Å². The number of nitrogens with one attached hydrogen (secondary N) is 2. The zero-order valence-electron chi connectivity index (χ0n) is 22.8. The summed E-state index contributed by atoms with van der Waals surface area (Å²) in [6.07, 6.45) is 1.80. The number of rotatable bonds is 12. The van der Waals surface area contributed by atoms with Crippen LogP contribution in [0.4, 0.5) is 0 Å². The van der Waals surface area contributed by atoms with Gasteiger partial charge in [-0.2, -0.15) is 5.10 Å². The van der Waals surface area contributed by atoms with Crippen LogP contribution in [0.15, 0.2) is 84.0 Å². The normalized spacial score (nSPS) is 11.8. The molecule has 0 aliphatic carbocycles. The monoisotopic (exact) mass is 574 g/mol. The lowest BCUT2D eigenvalue weighted by Gasteiger charge is -2.17. The van der Waals surface area contributed by atoms with Gasteiger partial charge in [0.05, 0.1) is 12.8 Å². The van der Waals surface area contributed by atoms with Crippen molar-refractivity contribution in [3.8, 4) is 5.75 Å². The van der Waals surface area contributed by atoms with E-state index in [1.54, 1.807) is 37.4 Å². The molecule has 10 heteroatoms. The second-order valence-corrected chi connectivity index (χ2v) is 9.63. The van der Waals surface area contributed by atoms with Crippen molar-refractivity contribution in [3.63, 3.8) is 0 Å². The highest BCUT2D eigenvalue weighted by atomic mass is 35.5. The van der Waals surface area contributed by atoms with E-state index in [1.165, 1.54) is 0 Å². The van der Waals surface area contributed by atoms with Crippen LogP contribution in [-0.4, -0.2) is 47.8 Å². The molecule has 0 aliphatic rings. The molecule has 2 N–H and O–H groups in total. The third kappa shape index (κ3) is 7.95. The van der Waals surface area contributed by atoms with Crippen molar-refractivity contribution >= 4 is 46.5 Å². The predicted molar refractivity (Wildman–Crippen MR) is 158 cm³/mol. The van der Waals surface area contributed by atoms with Crippen LogP contribution >= 0.6 is 11.6 Å². The summed E-state index contributed by atoms with van der Waals surface area (Å²) in [5.41, 5.74) is 5.83. The maximum absolute atomic E-state index is 13.2. The van der Waals surface area contributed by atoms with Crippen LogP contribution in [0.25, 0.3) is 10.9 Å². The molecule has 0 spiro atoms. The number of para-hydroxylation sites is 1. The summed E-state index contributed by atoms with van der Waals surface area (Å²) in [7, 11) is 0. The number of benzene rings is 3. The fourth-order valence-electron chi connectivity index (χ4n) is 4.37. The molecule has 1 atom stereocenters. The van der Waals surface area contributed by atoms with Gasteiger partial charge in [-0.05, 0) is 49.7 Å². The van der Waals surface area contributed by atoms with Crippen LogP contribution < -0.4 is 15.5 Å². The van der Waals surface area contributed by atoms with Gasteiger partial charge in [-0.15, -0.1) is 0 Å². The van der Waals surface area contributed by atoms with Crippen LogP contribution in [-0.2, 0) is 32.1 Å². The van der Waals surface area contributed by atoms with Crippen molar-refractivity contribution in [3.05, 3.63) is 101 Å². The first-order valence-corrected chi connectivity index (χ1v) is 13.5. The van der Waals surface area contributed by atoms with Crippen LogP contribution in [0.5, 0.6) is 5.75 Å². The Morgan fingerprint density at radius 2 is 1.71 bits per heavy atom. The fraction of sp³-hybridized carbons (Fsp3) is 0.226. The largest absolute Gasteiger partial charge is 0.484 e. The van der Waals surface area contributed by atoms with Gasteiger partial charge >= 0.3 is 5.97 Å². The Bertz CT molecular complexity index is 1530. The maximum Gasteiger partial charge on any atom is 0.325 e. The van der Waals surface area contributed by atoms with Gasteiger partial charge in [-0.3, -0.25) is 14.4 Å². The van der Waals surface area contributed by atoms with Crippen LogP contribution in [0.1, 0.15) is 23.7 Å². The zero-order chi connectivity index (χ0) is 29.2. The Balaban J connectivity index is 1.47. The van der Waals surface area contributed by atoms with E-state index in [2.05, 4.69) is 15.8 Å². The Labute approximate surface area is 243 Å². The number of fused-ring (bicyclic) bond motifs is 1. The lowest BCUT2D eigenvalue weighted by Crippen LogP contribution is -2.48. The van der Waals surface area contributed by atoms with E-state index in [-0.39, 0.29) is 25.5 Å². The molecule has 4 aromatic rings. The molecule has 212 valence electrons. The van der Waals surface area contributed by atoms with Gasteiger partial charge in [0.1, 0.15) is 18.3 Å². The van der Waals surface area contributed by atoms with Crippen molar-refractivity contribution < 1.29 is 23.9 Å². The molecule has 0 unspecified atom stereocenters. The molecule has 0 aliphatic heterocycles. The van der Waals surface area contributed by atoms with E-state index in [4.69, 9.17) is 21.1 Å². The molecule has 4 rings (SSSR count). The third-order valence-corrected chi connectivity index (χ3v) is 6.61. The van der Waals surface area contributed by atoms with Crippen molar-refractivity contribution in [2.45, 2.75) is 32.9 Å². The first kappa shape index (κ1) is 29.4. The number of hydrogen-bond donors (Lipinski definition) is 2. The molecular formula is C31H31ClN4O5. The molecule has 3 aromatic carbocycles. The third-order valence-electron chi connectivity index (χ3n) is 6.36. The molecule has 41 heavy (non-hydrogen) atoms. The van der Waals surface area contributed by atoms with Gasteiger partial charge in [0.25, 0.3) is 11.8 Å². The Kier molecular flexibility index (Phi) is 10.1. The lowest BCUT2D eigenvalue weighted by atomic mass is 10.1. The van der Waals surface area contributed by atoms with Gasteiger partial charge < -0.3 is 19.4 Å². The molecule has 0 fully saturated rings. The SMILES string of the molecule is CCOC(=O)Cn1c(C)c(/C=N\NC(=O)[C@@H](Cc2ccccc2)NC(=O)COc2ccc(Cl)cc2)c2ccccc21. The minimum Gasteiger partial charge on any atom is -0.484 e. The first-order valence-electron chi connectivity index (χ1n) is 13.1. The summed E-state index contributed by atoms with van der Waals surface area (Å²) in [6, 6.07) is 22.7. The average Bonchev–Trinajstić information content (AvgIpc) is 3.23. The van der Waals surface area contributed by atoms with E-state index < -0.39 is 17.9 Å². The number of carbonyl (C=O) groups is 3. The number of nitrogens with zero attached hydrogens (tertiary/aromatic N) is 2. The summed E-state index contributed by atoms with van der Waals surface area (Å²) >= 11 is 5.90. The molecular weight excluding hydrogens is 544 g/mol. The van der Waals surface area contributed by atoms with Crippen molar-refractivity contribution in [2.24, 2.45) is 5.10 Å². The summed E-state index contributed by atoms with van der Waals surface area (Å²) < 4.78 is 12.5. The highest BCUT2D eigenvalue weighted by Gasteiger charge is 2.22. The fourth-order valence-corrected chi connectivity index (χ4v) is 4.50. The van der Waals surface area contributed by atoms with Crippen LogP contribution in [0.3, 0.4) is 0 Å². The van der Waals surface area contributed by atoms with Crippen molar-refractivity contribution in [1.29, 1.82) is 0 Å². The van der Waals surface area contributed by atoms with Crippen molar-refractivity contribution in [2.75, 3.05) is 13.2 Å². The average molecular weight is 575 g/mol. The minimum absolute atomic E-state index is 0.0592. The highest BCUT2D eigenvalue weighted by Crippen LogP contribution is 2.24. The second kappa shape index (κ2) is 14.1. The van der Waals surface area contributed by atoms with E-state index in [9.17, 15) is 14.4 Å². The smallest absolute Gasteiger partial charge is 0.325 e. The second-order valence-electron chi connectivity index (χ2n) is 9.19. The number of ether oxygens (including phenoxy) is 2. The topological polar surface area (TPSA) is 111 Å². The predicted octanol–water partition coefficient (Wildman–Crippen LogP) is 4.42. The van der Waals surface area contributed by atoms with Gasteiger partial charge in [0.2, 0.25) is 0 Å². The molecule has 0 radical (unpaired) electrons. The van der Waals surface area contributed by atoms with Gasteiger partial charge in [-0.1, -0.05) is 60.1 Å². The van der Waals surface area contributed by atoms with Crippen molar-refractivity contribution in [1.82, 2.24) is 15.3 Å². The Morgan fingerprint density at radius 1 is 1.00 bits per heavy atom. The van der Waals surface area contributed by atoms with E-state index in [0.29, 0.717) is 17.4 Å². The quantitative estimate of drug-likeness (QED) is 0.148. The standard InChI is InChI=1S/C31H31ClN4O5/c1-3-40-30(38)19-36-21(2)26(25-11-7-8-12-28(25)36)18-33-35-31(39)27(17-22-9-5-4-6-10-22)34-29(37)20-41-24-15-13-23(32)14-16-24/h4-16,18,27H,3,17,19-20H2,1-2H3,(H,34,37)(H,35,39)/b33-18-/t27-/m1/s1. The van der Waals surface area contributed by atoms with Gasteiger partial charge in [-0.25, -0.2) is 5.43 Å². The number of halogens is 1. The van der Waals surface area contributed by atoms with Crippen LogP contribution in [0, 0.1) is 6.92 Å². The number of esters is 1. The summed E-state index contributed by atoms with van der Waals surface area (Å²) in [4.78, 5) is 38.1. The number of hydrazone groups is 1. The zero-order valence-corrected chi connectivity index (χ0v) is 23.6.